The highest BCUT2D eigenvalue weighted by molar-refractivity contribution is 6.06. The first-order chi connectivity index (χ1) is 19.9. The first kappa shape index (κ1) is 29.0. The van der Waals surface area contributed by atoms with E-state index in [1.165, 1.54) is 17.0 Å². The first-order valence-electron chi connectivity index (χ1n) is 13.2. The van der Waals surface area contributed by atoms with Crippen LogP contribution in [0.15, 0.2) is 97.1 Å². The first-order valence-corrected chi connectivity index (χ1v) is 13.2. The lowest BCUT2D eigenvalue weighted by Gasteiger charge is -2.24. The fraction of sp³-hybridized carbons (Fsp3) is 0.182. The molecule has 4 aromatic rings. The minimum Gasteiger partial charge on any atom is -0.497 e. The summed E-state index contributed by atoms with van der Waals surface area (Å²) >= 11 is 0. The molecule has 4 aromatic carbocycles. The molecule has 0 aliphatic carbocycles. The molecule has 210 valence electrons. The second-order valence-corrected chi connectivity index (χ2v) is 9.44. The van der Waals surface area contributed by atoms with Gasteiger partial charge in [0.05, 0.1) is 13.5 Å². The number of benzene rings is 4. The number of carboxylic acids is 1. The molecule has 0 aliphatic rings. The van der Waals surface area contributed by atoms with Gasteiger partial charge >= 0.3 is 5.97 Å². The summed E-state index contributed by atoms with van der Waals surface area (Å²) in [5, 5.41) is 12.1. The minimum absolute atomic E-state index is 0.0361. The standard InChI is InChI=1S/C33H31FN2O5/c1-41-26-15-13-23(14-16-26)17-19-36(20-18-31(37)38)33(40)30-12-5-3-10-28(30)27-9-2-4-11-29(27)32(39)35-22-24-7-6-8-25(34)21-24/h2-16,21H,17-20,22H2,1H3,(H,35,39)(H,37,38). The third-order valence-electron chi connectivity index (χ3n) is 6.67. The molecule has 0 unspecified atom stereocenters. The predicted octanol–water partition coefficient (Wildman–Crippen LogP) is 5.59. The number of methoxy groups -OCH3 is 1. The van der Waals surface area contributed by atoms with E-state index in [9.17, 15) is 23.9 Å². The Hall–Kier alpha value is -4.98. The number of amides is 2. The Kier molecular flexibility index (Phi) is 9.83. The van der Waals surface area contributed by atoms with E-state index in [1.807, 2.05) is 24.3 Å². The van der Waals surface area contributed by atoms with Crippen molar-refractivity contribution in [2.75, 3.05) is 20.2 Å². The lowest BCUT2D eigenvalue weighted by molar-refractivity contribution is -0.137. The van der Waals surface area contributed by atoms with E-state index in [-0.39, 0.29) is 37.1 Å². The van der Waals surface area contributed by atoms with Gasteiger partial charge in [-0.3, -0.25) is 14.4 Å². The van der Waals surface area contributed by atoms with Crippen LogP contribution in [0, 0.1) is 5.82 Å². The van der Waals surface area contributed by atoms with E-state index in [0.717, 1.165) is 11.3 Å². The monoisotopic (exact) mass is 554 g/mol. The fourth-order valence-corrected chi connectivity index (χ4v) is 4.52. The Morgan fingerprint density at radius 2 is 1.46 bits per heavy atom. The zero-order valence-corrected chi connectivity index (χ0v) is 22.7. The molecule has 0 radical (unpaired) electrons. The SMILES string of the molecule is COc1ccc(CCN(CCC(=O)O)C(=O)c2ccccc2-c2ccccc2C(=O)NCc2cccc(F)c2)cc1. The number of aliphatic carboxylic acids is 1. The van der Waals surface area contributed by atoms with Crippen molar-refractivity contribution < 1.29 is 28.6 Å². The Bertz CT molecular complexity index is 1520. The highest BCUT2D eigenvalue weighted by Crippen LogP contribution is 2.28. The van der Waals surface area contributed by atoms with Gasteiger partial charge in [0.2, 0.25) is 0 Å². The maximum atomic E-state index is 13.9. The van der Waals surface area contributed by atoms with Gasteiger partial charge in [-0.15, -0.1) is 0 Å². The number of nitrogens with zero attached hydrogens (tertiary/aromatic N) is 1. The minimum atomic E-state index is -0.999. The van der Waals surface area contributed by atoms with Crippen molar-refractivity contribution in [3.8, 4) is 16.9 Å². The molecule has 8 heteroatoms. The lowest BCUT2D eigenvalue weighted by Crippen LogP contribution is -2.35. The van der Waals surface area contributed by atoms with Crippen molar-refractivity contribution in [3.63, 3.8) is 0 Å². The van der Waals surface area contributed by atoms with Gasteiger partial charge in [0, 0.05) is 30.8 Å². The maximum absolute atomic E-state index is 13.9. The number of carboxylic acid groups (broad SMARTS) is 1. The average molecular weight is 555 g/mol. The Morgan fingerprint density at radius 1 is 0.805 bits per heavy atom. The summed E-state index contributed by atoms with van der Waals surface area (Å²) in [5.74, 6) is -1.36. The van der Waals surface area contributed by atoms with Crippen molar-refractivity contribution in [2.24, 2.45) is 0 Å². The number of carbonyl (C=O) groups is 3. The van der Waals surface area contributed by atoms with E-state index in [4.69, 9.17) is 4.74 Å². The third-order valence-corrected chi connectivity index (χ3v) is 6.67. The molecule has 0 saturated carbocycles. The van der Waals surface area contributed by atoms with E-state index >= 15 is 0 Å². The second-order valence-electron chi connectivity index (χ2n) is 9.44. The van der Waals surface area contributed by atoms with Crippen LogP contribution in [0.2, 0.25) is 0 Å². The average Bonchev–Trinajstić information content (AvgIpc) is 3.00. The highest BCUT2D eigenvalue weighted by atomic mass is 19.1. The van der Waals surface area contributed by atoms with Gasteiger partial charge in [-0.1, -0.05) is 60.7 Å². The molecule has 4 rings (SSSR count). The molecular formula is C33H31FN2O5. The number of nitrogens with one attached hydrogen (secondary N) is 1. The number of rotatable bonds is 12. The normalized spacial score (nSPS) is 10.6. The van der Waals surface area contributed by atoms with Crippen LogP contribution in [0.3, 0.4) is 0 Å². The molecule has 0 atom stereocenters. The summed E-state index contributed by atoms with van der Waals surface area (Å²) < 4.78 is 18.8. The molecule has 2 amide bonds. The van der Waals surface area contributed by atoms with E-state index < -0.39 is 5.97 Å². The second kappa shape index (κ2) is 13.9. The Morgan fingerprint density at radius 3 is 2.12 bits per heavy atom. The molecular weight excluding hydrogens is 523 g/mol. The highest BCUT2D eigenvalue weighted by Gasteiger charge is 2.22. The Balaban J connectivity index is 1.59. The molecule has 0 spiro atoms. The topological polar surface area (TPSA) is 95.9 Å². The van der Waals surface area contributed by atoms with Crippen LogP contribution in [-0.2, 0) is 17.8 Å². The lowest BCUT2D eigenvalue weighted by atomic mass is 9.94. The number of ether oxygens (including phenoxy) is 1. The molecule has 0 bridgehead atoms. The van der Waals surface area contributed by atoms with Crippen molar-refractivity contribution in [3.05, 3.63) is 125 Å². The van der Waals surface area contributed by atoms with Crippen LogP contribution in [0.1, 0.15) is 38.3 Å². The van der Waals surface area contributed by atoms with Gasteiger partial charge in [0.15, 0.2) is 0 Å². The number of hydrogen-bond acceptors (Lipinski definition) is 4. The number of halogens is 1. The van der Waals surface area contributed by atoms with E-state index in [2.05, 4.69) is 5.32 Å². The van der Waals surface area contributed by atoms with Gasteiger partial charge in [-0.25, -0.2) is 4.39 Å². The van der Waals surface area contributed by atoms with Crippen molar-refractivity contribution in [1.82, 2.24) is 10.2 Å². The predicted molar refractivity (Wildman–Crippen MR) is 154 cm³/mol. The van der Waals surface area contributed by atoms with Crippen LogP contribution >= 0.6 is 0 Å². The molecule has 0 aromatic heterocycles. The van der Waals surface area contributed by atoms with Crippen LogP contribution in [0.4, 0.5) is 4.39 Å². The molecule has 0 aliphatic heterocycles. The van der Waals surface area contributed by atoms with Crippen molar-refractivity contribution >= 4 is 17.8 Å². The summed E-state index contributed by atoms with van der Waals surface area (Å²) in [7, 11) is 1.59. The summed E-state index contributed by atoms with van der Waals surface area (Å²) in [6.07, 6.45) is 0.326. The molecule has 0 heterocycles. The molecule has 7 nitrogen and oxygen atoms in total. The van der Waals surface area contributed by atoms with Crippen LogP contribution in [-0.4, -0.2) is 48.0 Å². The van der Waals surface area contributed by atoms with Gasteiger partial charge < -0.3 is 20.1 Å². The molecule has 2 N–H and O–H groups in total. The molecule has 0 saturated heterocycles. The van der Waals surface area contributed by atoms with Gasteiger partial charge in [-0.05, 0) is 65.1 Å². The largest absolute Gasteiger partial charge is 0.497 e. The summed E-state index contributed by atoms with van der Waals surface area (Å²) in [6, 6.07) is 27.4. The summed E-state index contributed by atoms with van der Waals surface area (Å²) in [5.41, 5.74) is 3.43. The van der Waals surface area contributed by atoms with E-state index in [1.54, 1.807) is 67.8 Å². The summed E-state index contributed by atoms with van der Waals surface area (Å²) in [6.45, 7) is 0.483. The number of hydrogen-bond donors (Lipinski definition) is 2. The van der Waals surface area contributed by atoms with Gasteiger partial charge in [0.25, 0.3) is 11.8 Å². The van der Waals surface area contributed by atoms with Crippen molar-refractivity contribution in [2.45, 2.75) is 19.4 Å². The zero-order valence-electron chi connectivity index (χ0n) is 22.7. The van der Waals surface area contributed by atoms with E-state index in [0.29, 0.717) is 40.8 Å². The number of carbonyl (C=O) groups excluding carboxylic acids is 2. The molecule has 0 fully saturated rings. The quantitative estimate of drug-likeness (QED) is 0.238. The van der Waals surface area contributed by atoms with Crippen LogP contribution in [0.25, 0.3) is 11.1 Å². The van der Waals surface area contributed by atoms with Gasteiger partial charge in [-0.2, -0.15) is 0 Å². The van der Waals surface area contributed by atoms with Crippen molar-refractivity contribution in [1.29, 1.82) is 0 Å². The third kappa shape index (κ3) is 7.79. The maximum Gasteiger partial charge on any atom is 0.305 e. The smallest absolute Gasteiger partial charge is 0.305 e. The fourth-order valence-electron chi connectivity index (χ4n) is 4.52. The van der Waals surface area contributed by atoms with Gasteiger partial charge in [0.1, 0.15) is 11.6 Å². The van der Waals surface area contributed by atoms with Crippen LogP contribution in [0.5, 0.6) is 5.75 Å². The molecule has 41 heavy (non-hydrogen) atoms. The Labute approximate surface area is 238 Å². The van der Waals surface area contributed by atoms with Crippen LogP contribution < -0.4 is 10.1 Å². The summed E-state index contributed by atoms with van der Waals surface area (Å²) in [4.78, 5) is 40.0. The zero-order chi connectivity index (χ0) is 29.2.